The summed E-state index contributed by atoms with van der Waals surface area (Å²) >= 11 is 0. The van der Waals surface area contributed by atoms with Gasteiger partial charge in [-0.3, -0.25) is 4.79 Å². The van der Waals surface area contributed by atoms with Crippen LogP contribution in [0, 0.1) is 0 Å². The van der Waals surface area contributed by atoms with Gasteiger partial charge in [0.25, 0.3) is 5.91 Å². The van der Waals surface area contributed by atoms with Crippen LogP contribution in [0.15, 0.2) is 48.5 Å². The van der Waals surface area contributed by atoms with Crippen LogP contribution in [0.5, 0.6) is 0 Å². The van der Waals surface area contributed by atoms with Gasteiger partial charge >= 0.3 is 0 Å². The predicted molar refractivity (Wildman–Crippen MR) is 103 cm³/mol. The second-order valence-electron chi connectivity index (χ2n) is 6.76. The molecule has 2 aromatic rings. The molecule has 0 spiro atoms. The van der Waals surface area contributed by atoms with Crippen molar-refractivity contribution in [3.8, 4) is 11.1 Å². The quantitative estimate of drug-likeness (QED) is 0.840. The molecule has 4 nitrogen and oxygen atoms in total. The molecule has 1 atom stereocenters. The molecule has 0 aliphatic heterocycles. The lowest BCUT2D eigenvalue weighted by molar-refractivity contribution is 0.0790. The van der Waals surface area contributed by atoms with Crippen LogP contribution >= 0.6 is 0 Å². The van der Waals surface area contributed by atoms with E-state index in [1.165, 1.54) is 0 Å². The van der Waals surface area contributed by atoms with Crippen LogP contribution in [0.4, 0.5) is 0 Å². The monoisotopic (exact) mass is 340 g/mol. The summed E-state index contributed by atoms with van der Waals surface area (Å²) in [6, 6.07) is 15.5. The van der Waals surface area contributed by atoms with Crippen LogP contribution in [0.3, 0.4) is 0 Å². The highest BCUT2D eigenvalue weighted by Gasteiger charge is 2.11. The number of amides is 1. The molecule has 4 heteroatoms. The van der Waals surface area contributed by atoms with Gasteiger partial charge in [0.2, 0.25) is 0 Å². The maximum absolute atomic E-state index is 12.5. The average Bonchev–Trinajstić information content (AvgIpc) is 2.61. The molecule has 0 bridgehead atoms. The Labute approximate surface area is 150 Å². The van der Waals surface area contributed by atoms with Gasteiger partial charge in [-0.05, 0) is 62.8 Å². The molecule has 134 valence electrons. The number of rotatable bonds is 7. The van der Waals surface area contributed by atoms with Crippen LogP contribution < -0.4 is 0 Å². The first-order chi connectivity index (χ1) is 11.9. The third-order valence-electron chi connectivity index (χ3n) is 4.30. The standard InChI is InChI=1S/C21H28N2O2/c1-16(24)17-6-8-18(9-7-17)19-10-12-20(13-11-19)21(25)23(4)15-5-14-22(2)3/h6-13,16,24H,5,14-15H2,1-4H3/t16-/m1/s1. The van der Waals surface area contributed by atoms with E-state index in [1.54, 1.807) is 11.8 Å². The molecular formula is C21H28N2O2. The summed E-state index contributed by atoms with van der Waals surface area (Å²) < 4.78 is 0. The SMILES string of the molecule is C[C@@H](O)c1ccc(-c2ccc(C(=O)N(C)CCCN(C)C)cc2)cc1. The summed E-state index contributed by atoms with van der Waals surface area (Å²) in [4.78, 5) is 16.4. The van der Waals surface area contributed by atoms with Crippen molar-refractivity contribution in [2.24, 2.45) is 0 Å². The second kappa shape index (κ2) is 8.79. The van der Waals surface area contributed by atoms with Crippen molar-refractivity contribution in [1.29, 1.82) is 0 Å². The normalized spacial score (nSPS) is 12.2. The van der Waals surface area contributed by atoms with E-state index >= 15 is 0 Å². The number of benzene rings is 2. The molecule has 0 aliphatic carbocycles. The lowest BCUT2D eigenvalue weighted by atomic mass is 10.0. The zero-order chi connectivity index (χ0) is 18.4. The number of hydrogen-bond acceptors (Lipinski definition) is 3. The topological polar surface area (TPSA) is 43.8 Å². The first kappa shape index (κ1) is 19.2. The summed E-state index contributed by atoms with van der Waals surface area (Å²) in [5, 5.41) is 9.58. The Morgan fingerprint density at radius 1 is 0.920 bits per heavy atom. The number of carbonyl (C=O) groups excluding carboxylic acids is 1. The Morgan fingerprint density at radius 2 is 1.44 bits per heavy atom. The Balaban J connectivity index is 2.02. The minimum Gasteiger partial charge on any atom is -0.389 e. The van der Waals surface area contributed by atoms with E-state index in [1.807, 2.05) is 69.7 Å². The van der Waals surface area contributed by atoms with E-state index in [0.29, 0.717) is 5.56 Å². The van der Waals surface area contributed by atoms with Gasteiger partial charge < -0.3 is 14.9 Å². The minimum absolute atomic E-state index is 0.0507. The largest absolute Gasteiger partial charge is 0.389 e. The lowest BCUT2D eigenvalue weighted by Crippen LogP contribution is -2.29. The van der Waals surface area contributed by atoms with Crippen molar-refractivity contribution in [3.05, 3.63) is 59.7 Å². The molecule has 0 radical (unpaired) electrons. The summed E-state index contributed by atoms with van der Waals surface area (Å²) in [7, 11) is 5.92. The van der Waals surface area contributed by atoms with Gasteiger partial charge in [-0.25, -0.2) is 0 Å². The van der Waals surface area contributed by atoms with Crippen molar-refractivity contribution in [1.82, 2.24) is 9.80 Å². The zero-order valence-corrected chi connectivity index (χ0v) is 15.6. The molecule has 0 fully saturated rings. The number of aliphatic hydroxyl groups is 1. The van der Waals surface area contributed by atoms with Crippen LogP contribution in [0.1, 0.15) is 35.4 Å². The Kier molecular flexibility index (Phi) is 6.73. The molecule has 25 heavy (non-hydrogen) atoms. The number of carbonyl (C=O) groups is 1. The molecule has 1 amide bonds. The fourth-order valence-electron chi connectivity index (χ4n) is 2.71. The molecule has 1 N–H and O–H groups in total. The average molecular weight is 340 g/mol. The van der Waals surface area contributed by atoms with Crippen LogP contribution in [0.25, 0.3) is 11.1 Å². The van der Waals surface area contributed by atoms with Gasteiger partial charge in [0.05, 0.1) is 6.10 Å². The Hall–Kier alpha value is -2.17. The fraction of sp³-hybridized carbons (Fsp3) is 0.381. The van der Waals surface area contributed by atoms with Gasteiger partial charge in [0.15, 0.2) is 0 Å². The van der Waals surface area contributed by atoms with Gasteiger partial charge in [-0.15, -0.1) is 0 Å². The zero-order valence-electron chi connectivity index (χ0n) is 15.6. The number of nitrogens with zero attached hydrogens (tertiary/aromatic N) is 2. The van der Waals surface area contributed by atoms with Gasteiger partial charge in [0.1, 0.15) is 0 Å². The van der Waals surface area contributed by atoms with Crippen LogP contribution in [-0.2, 0) is 0 Å². The summed E-state index contributed by atoms with van der Waals surface area (Å²) in [6.45, 7) is 3.48. The number of aliphatic hydroxyl groups excluding tert-OH is 1. The fourth-order valence-corrected chi connectivity index (χ4v) is 2.71. The highest BCUT2D eigenvalue weighted by molar-refractivity contribution is 5.94. The minimum atomic E-state index is -0.461. The van der Waals surface area contributed by atoms with Crippen molar-refractivity contribution in [2.45, 2.75) is 19.4 Å². The van der Waals surface area contributed by atoms with Crippen molar-refractivity contribution in [2.75, 3.05) is 34.2 Å². The third kappa shape index (κ3) is 5.41. The molecule has 0 unspecified atom stereocenters. The van der Waals surface area contributed by atoms with E-state index in [4.69, 9.17) is 0 Å². The lowest BCUT2D eigenvalue weighted by Gasteiger charge is -2.18. The van der Waals surface area contributed by atoms with Crippen molar-refractivity contribution >= 4 is 5.91 Å². The Morgan fingerprint density at radius 3 is 1.92 bits per heavy atom. The molecule has 0 heterocycles. The molecule has 0 saturated carbocycles. The maximum Gasteiger partial charge on any atom is 0.253 e. The van der Waals surface area contributed by atoms with Gasteiger partial charge in [0, 0.05) is 19.2 Å². The van der Waals surface area contributed by atoms with Crippen LogP contribution in [0.2, 0.25) is 0 Å². The summed E-state index contributed by atoms with van der Waals surface area (Å²) in [6.07, 6.45) is 0.500. The first-order valence-corrected chi connectivity index (χ1v) is 8.67. The number of hydrogen-bond donors (Lipinski definition) is 1. The predicted octanol–water partition coefficient (Wildman–Crippen LogP) is 3.43. The summed E-state index contributed by atoms with van der Waals surface area (Å²) in [5.74, 6) is 0.0507. The van der Waals surface area contributed by atoms with Crippen LogP contribution in [-0.4, -0.2) is 55.0 Å². The molecule has 0 aliphatic rings. The Bertz CT molecular complexity index is 676. The van der Waals surface area contributed by atoms with Gasteiger partial charge in [-0.2, -0.15) is 0 Å². The van der Waals surface area contributed by atoms with Crippen molar-refractivity contribution in [3.63, 3.8) is 0 Å². The highest BCUT2D eigenvalue weighted by Crippen LogP contribution is 2.22. The molecular weight excluding hydrogens is 312 g/mol. The third-order valence-corrected chi connectivity index (χ3v) is 4.30. The molecule has 2 rings (SSSR count). The van der Waals surface area contributed by atoms with E-state index in [9.17, 15) is 9.90 Å². The first-order valence-electron chi connectivity index (χ1n) is 8.67. The maximum atomic E-state index is 12.5. The molecule has 0 aromatic heterocycles. The van der Waals surface area contributed by atoms with E-state index in [-0.39, 0.29) is 5.91 Å². The molecule has 0 saturated heterocycles. The molecule has 2 aromatic carbocycles. The van der Waals surface area contributed by atoms with E-state index in [0.717, 1.165) is 36.2 Å². The summed E-state index contributed by atoms with van der Waals surface area (Å²) in [5.41, 5.74) is 3.73. The highest BCUT2D eigenvalue weighted by atomic mass is 16.3. The van der Waals surface area contributed by atoms with E-state index in [2.05, 4.69) is 4.90 Å². The van der Waals surface area contributed by atoms with Crippen molar-refractivity contribution < 1.29 is 9.90 Å². The van der Waals surface area contributed by atoms with E-state index < -0.39 is 6.10 Å². The smallest absolute Gasteiger partial charge is 0.253 e. The second-order valence-corrected chi connectivity index (χ2v) is 6.76. The van der Waals surface area contributed by atoms with Gasteiger partial charge in [-0.1, -0.05) is 36.4 Å².